The fraction of sp³-hybridized carbons (Fsp3) is 0.214. The van der Waals surface area contributed by atoms with E-state index in [0.29, 0.717) is 18.1 Å². The minimum atomic E-state index is -0.736. The summed E-state index contributed by atoms with van der Waals surface area (Å²) in [6, 6.07) is 6.09. The van der Waals surface area contributed by atoms with Crippen LogP contribution in [0.4, 0.5) is 8.78 Å². The highest BCUT2D eigenvalue weighted by Gasteiger charge is 2.23. The molecule has 1 aliphatic rings. The van der Waals surface area contributed by atoms with Crippen molar-refractivity contribution in [2.75, 3.05) is 13.2 Å². The molecule has 3 rings (SSSR count). The molecule has 0 radical (unpaired) electrons. The number of hydrogen-bond acceptors (Lipinski definition) is 4. The Morgan fingerprint density at radius 1 is 1.15 bits per heavy atom. The van der Waals surface area contributed by atoms with Crippen LogP contribution in [-0.2, 0) is 9.47 Å². The molecule has 6 heteroatoms. The average molecular weight is 296 g/mol. The van der Waals surface area contributed by atoms with E-state index in [1.807, 2.05) is 0 Å². The smallest absolute Gasteiger partial charge is 0.206 e. The molecule has 1 saturated heterocycles. The lowest BCUT2D eigenvalue weighted by Gasteiger charge is -2.04. The van der Waals surface area contributed by atoms with Crippen molar-refractivity contribution in [2.24, 2.45) is 0 Å². The van der Waals surface area contributed by atoms with Crippen molar-refractivity contribution < 1.29 is 23.0 Å². The van der Waals surface area contributed by atoms with E-state index in [2.05, 4.69) is 0 Å². The first kappa shape index (κ1) is 13.4. The number of halogens is 2. The Kier molecular flexibility index (Phi) is 3.60. The Morgan fingerprint density at radius 2 is 1.90 bits per heavy atom. The van der Waals surface area contributed by atoms with E-state index >= 15 is 0 Å². The molecule has 104 valence electrons. The van der Waals surface area contributed by atoms with Crippen LogP contribution in [0.2, 0.25) is 0 Å². The van der Waals surface area contributed by atoms with Crippen LogP contribution in [0.3, 0.4) is 0 Å². The van der Waals surface area contributed by atoms with Crippen molar-refractivity contribution in [1.29, 1.82) is 0 Å². The van der Waals surface area contributed by atoms with E-state index < -0.39 is 23.7 Å². The Hall–Kier alpha value is -1.63. The predicted octanol–water partition coefficient (Wildman–Crippen LogP) is 3.30. The molecule has 1 fully saturated rings. The van der Waals surface area contributed by atoms with Gasteiger partial charge in [0.1, 0.15) is 11.6 Å². The summed E-state index contributed by atoms with van der Waals surface area (Å²) in [4.78, 5) is 13.2. The van der Waals surface area contributed by atoms with E-state index in [1.54, 1.807) is 12.1 Å². The van der Waals surface area contributed by atoms with Crippen LogP contribution >= 0.6 is 11.3 Å². The largest absolute Gasteiger partial charge is 0.345 e. The third kappa shape index (κ3) is 2.49. The summed E-state index contributed by atoms with van der Waals surface area (Å²) in [5, 5.41) is 0. The van der Waals surface area contributed by atoms with Crippen molar-refractivity contribution in [3.63, 3.8) is 0 Å². The van der Waals surface area contributed by atoms with Gasteiger partial charge in [-0.1, -0.05) is 0 Å². The Morgan fingerprint density at radius 3 is 2.65 bits per heavy atom. The maximum absolute atomic E-state index is 13.6. The second-order valence-electron chi connectivity index (χ2n) is 4.23. The number of benzene rings is 1. The molecule has 2 aromatic rings. The first-order chi connectivity index (χ1) is 9.65. The molecular formula is C14H10F2O3S. The molecule has 0 aliphatic carbocycles. The average Bonchev–Trinajstić information content (AvgIpc) is 3.10. The fourth-order valence-corrected chi connectivity index (χ4v) is 2.89. The predicted molar refractivity (Wildman–Crippen MR) is 68.8 cm³/mol. The lowest BCUT2D eigenvalue weighted by Crippen LogP contribution is -2.02. The molecule has 1 aliphatic heterocycles. The van der Waals surface area contributed by atoms with Crippen molar-refractivity contribution in [2.45, 2.75) is 6.29 Å². The molecule has 0 atom stereocenters. The van der Waals surface area contributed by atoms with Gasteiger partial charge in [-0.3, -0.25) is 4.79 Å². The van der Waals surface area contributed by atoms with Gasteiger partial charge < -0.3 is 9.47 Å². The zero-order valence-electron chi connectivity index (χ0n) is 10.3. The van der Waals surface area contributed by atoms with Gasteiger partial charge in [-0.05, 0) is 30.3 Å². The van der Waals surface area contributed by atoms with Gasteiger partial charge in [0.05, 0.1) is 28.5 Å². The van der Waals surface area contributed by atoms with E-state index in [1.165, 1.54) is 0 Å². The summed E-state index contributed by atoms with van der Waals surface area (Å²) in [7, 11) is 0. The number of thiophene rings is 1. The van der Waals surface area contributed by atoms with Gasteiger partial charge in [-0.25, -0.2) is 8.78 Å². The van der Waals surface area contributed by atoms with Gasteiger partial charge in [-0.15, -0.1) is 11.3 Å². The first-order valence-corrected chi connectivity index (χ1v) is 6.79. The summed E-state index contributed by atoms with van der Waals surface area (Å²) < 4.78 is 37.3. The highest BCUT2D eigenvalue weighted by molar-refractivity contribution is 7.14. The van der Waals surface area contributed by atoms with Crippen molar-refractivity contribution in [1.82, 2.24) is 0 Å². The molecule has 1 aromatic carbocycles. The summed E-state index contributed by atoms with van der Waals surface area (Å²) >= 11 is 1.16. The molecule has 3 nitrogen and oxygen atoms in total. The SMILES string of the molecule is O=C(c1ccc(C2OCCO2)s1)c1cc(F)ccc1F. The van der Waals surface area contributed by atoms with Gasteiger partial charge in [0.25, 0.3) is 0 Å². The Labute approximate surface area is 117 Å². The summed E-state index contributed by atoms with van der Waals surface area (Å²) in [5.74, 6) is -1.93. The fourth-order valence-electron chi connectivity index (χ4n) is 1.93. The van der Waals surface area contributed by atoms with Crippen LogP contribution in [0.5, 0.6) is 0 Å². The second-order valence-corrected chi connectivity index (χ2v) is 5.34. The standard InChI is InChI=1S/C14H10F2O3S/c15-8-1-2-10(16)9(7-8)13(17)11-3-4-12(20-11)14-18-5-6-19-14/h1-4,7,14H,5-6H2. The van der Waals surface area contributed by atoms with Crippen LogP contribution in [0.1, 0.15) is 26.4 Å². The van der Waals surface area contributed by atoms with Crippen LogP contribution < -0.4 is 0 Å². The summed E-state index contributed by atoms with van der Waals surface area (Å²) in [5.41, 5.74) is -0.272. The molecule has 20 heavy (non-hydrogen) atoms. The zero-order chi connectivity index (χ0) is 14.1. The Balaban J connectivity index is 1.88. The maximum Gasteiger partial charge on any atom is 0.206 e. The van der Waals surface area contributed by atoms with Gasteiger partial charge in [0.15, 0.2) is 6.29 Å². The number of hydrogen-bond donors (Lipinski definition) is 0. The quantitative estimate of drug-likeness (QED) is 0.815. The first-order valence-electron chi connectivity index (χ1n) is 5.98. The molecule has 0 saturated carbocycles. The van der Waals surface area contributed by atoms with Gasteiger partial charge in [-0.2, -0.15) is 0 Å². The number of rotatable bonds is 3. The Bertz CT molecular complexity index is 648. The number of ketones is 1. The normalized spacial score (nSPS) is 15.7. The lowest BCUT2D eigenvalue weighted by molar-refractivity contribution is -0.0413. The molecule has 0 amide bonds. The molecule has 0 N–H and O–H groups in total. The van der Waals surface area contributed by atoms with Crippen LogP contribution in [0, 0.1) is 11.6 Å². The van der Waals surface area contributed by atoms with Crippen molar-refractivity contribution >= 4 is 17.1 Å². The molecule has 0 spiro atoms. The highest BCUT2D eigenvalue weighted by Crippen LogP contribution is 2.31. The molecule has 0 bridgehead atoms. The van der Waals surface area contributed by atoms with Crippen LogP contribution in [0.15, 0.2) is 30.3 Å². The number of carbonyl (C=O) groups excluding carboxylic acids is 1. The minimum Gasteiger partial charge on any atom is -0.345 e. The van der Waals surface area contributed by atoms with Crippen molar-refractivity contribution in [3.05, 3.63) is 57.3 Å². The number of carbonyl (C=O) groups is 1. The number of ether oxygens (including phenoxy) is 2. The van der Waals surface area contributed by atoms with Gasteiger partial charge >= 0.3 is 0 Å². The minimum absolute atomic E-state index is 0.272. The van der Waals surface area contributed by atoms with E-state index in [-0.39, 0.29) is 5.56 Å². The monoisotopic (exact) mass is 296 g/mol. The molecular weight excluding hydrogens is 286 g/mol. The lowest BCUT2D eigenvalue weighted by atomic mass is 10.1. The molecule has 0 unspecified atom stereocenters. The van der Waals surface area contributed by atoms with Crippen LogP contribution in [0.25, 0.3) is 0 Å². The maximum atomic E-state index is 13.6. The van der Waals surface area contributed by atoms with Crippen molar-refractivity contribution in [3.8, 4) is 0 Å². The molecule has 1 aromatic heterocycles. The van der Waals surface area contributed by atoms with Gasteiger partial charge in [0, 0.05) is 0 Å². The van der Waals surface area contributed by atoms with Gasteiger partial charge in [0.2, 0.25) is 5.78 Å². The van der Waals surface area contributed by atoms with E-state index in [9.17, 15) is 13.6 Å². The second kappa shape index (κ2) is 5.40. The summed E-state index contributed by atoms with van der Waals surface area (Å²) in [6.45, 7) is 1.01. The van der Waals surface area contributed by atoms with Crippen LogP contribution in [-0.4, -0.2) is 19.0 Å². The third-order valence-electron chi connectivity index (χ3n) is 2.88. The molecule has 2 heterocycles. The third-order valence-corrected chi connectivity index (χ3v) is 3.98. The summed E-state index contributed by atoms with van der Waals surface area (Å²) in [6.07, 6.45) is -0.473. The van der Waals surface area contributed by atoms with E-state index in [0.717, 1.165) is 34.4 Å². The highest BCUT2D eigenvalue weighted by atomic mass is 32.1. The van der Waals surface area contributed by atoms with E-state index in [4.69, 9.17) is 9.47 Å². The zero-order valence-corrected chi connectivity index (χ0v) is 11.1. The topological polar surface area (TPSA) is 35.5 Å².